The summed E-state index contributed by atoms with van der Waals surface area (Å²) in [5, 5.41) is 7.98. The number of imide groups is 1. The SMILES string of the molecule is [B]S[C@H]1CC(=O)N(CCOCCNC(=O)OC[C@H](C)NC(=O)N(C[C@@H]2CNC[C@@H]2F)[C@@H](c2nc(-c3cc(F)ccc3F)cn2Cc2ccccc2)C2CCOCC2)C1=O. The number of nitrogens with zero attached hydrogens (tertiary/aromatic N) is 4. The number of alkyl halides is 1. The molecule has 0 unspecified atom stereocenters. The van der Waals surface area contributed by atoms with Gasteiger partial charge < -0.3 is 39.6 Å². The van der Waals surface area contributed by atoms with Crippen LogP contribution in [0.5, 0.6) is 0 Å². The van der Waals surface area contributed by atoms with Crippen molar-refractivity contribution in [3.05, 3.63) is 77.8 Å². The number of hydrogen-bond acceptors (Lipinski definition) is 10. The van der Waals surface area contributed by atoms with Gasteiger partial charge in [-0.15, -0.1) is 0 Å². The Morgan fingerprint density at radius 2 is 1.90 bits per heavy atom. The third-order valence-electron chi connectivity index (χ3n) is 10.6. The summed E-state index contributed by atoms with van der Waals surface area (Å²) in [7, 11) is 5.47. The molecule has 19 heteroatoms. The number of carbonyl (C=O) groups is 4. The quantitative estimate of drug-likeness (QED) is 0.0974. The Hall–Kier alpha value is -4.59. The maximum Gasteiger partial charge on any atom is 0.407 e. The predicted octanol–water partition coefficient (Wildman–Crippen LogP) is 3.99. The molecule has 2 radical (unpaired) electrons. The average Bonchev–Trinajstić information content (AvgIpc) is 3.92. The molecule has 3 fully saturated rings. The van der Waals surface area contributed by atoms with Crippen LogP contribution in [0.2, 0.25) is 0 Å². The maximum atomic E-state index is 15.3. The van der Waals surface area contributed by atoms with Gasteiger partial charge in [0.15, 0.2) is 7.12 Å². The number of alkyl carbamates (subject to hydrolysis) is 1. The lowest BCUT2D eigenvalue weighted by Crippen LogP contribution is -2.52. The molecule has 3 saturated heterocycles. The maximum absolute atomic E-state index is 15.3. The van der Waals surface area contributed by atoms with E-state index >= 15 is 8.78 Å². The number of imidazole rings is 1. The molecule has 1 aromatic heterocycles. The Morgan fingerprint density at radius 1 is 1.12 bits per heavy atom. The van der Waals surface area contributed by atoms with E-state index in [4.69, 9.17) is 26.3 Å². The topological polar surface area (TPSA) is 156 Å². The van der Waals surface area contributed by atoms with Gasteiger partial charge in [0.1, 0.15) is 30.2 Å². The summed E-state index contributed by atoms with van der Waals surface area (Å²) in [4.78, 5) is 58.9. The first-order valence-corrected chi connectivity index (χ1v) is 20.7. The number of ether oxygens (including phenoxy) is 3. The van der Waals surface area contributed by atoms with Gasteiger partial charge in [-0.2, -0.15) is 0 Å². The van der Waals surface area contributed by atoms with Crippen LogP contribution < -0.4 is 16.0 Å². The number of rotatable bonds is 18. The molecular weight excluding hydrogens is 790 g/mol. The summed E-state index contributed by atoms with van der Waals surface area (Å²) >= 11 is 0.839. The molecule has 14 nitrogen and oxygen atoms in total. The molecule has 3 N–H and O–H groups in total. The number of hydrogen-bond donors (Lipinski definition) is 3. The minimum Gasteiger partial charge on any atom is -0.447 e. The van der Waals surface area contributed by atoms with E-state index in [-0.39, 0.29) is 81.4 Å². The molecule has 316 valence electrons. The van der Waals surface area contributed by atoms with Gasteiger partial charge in [0, 0.05) is 70.0 Å². The molecule has 6 rings (SSSR count). The van der Waals surface area contributed by atoms with Gasteiger partial charge >= 0.3 is 12.1 Å². The standard InChI is InChI=1S/C40H49BF3N7O7S/c1-25(24-58-40(55)46-11-15-57-16-12-50-35(52)18-34(59-41)38(50)53)47-39(54)51(22-28-19-45-20-32(28)44)36(27-9-13-56-14-10-27)37-48-33(30-17-29(42)7-8-31(30)43)23-49(37)21-26-5-3-2-4-6-26/h2-8,17,23,25,27-28,32,34,36,45H,9-16,18-22,24H2,1H3,(H,46,55)(H,47,54)/t25-,28-,32-,34-,36+/m0/s1. The Labute approximate surface area is 346 Å². The van der Waals surface area contributed by atoms with Gasteiger partial charge in [0.05, 0.1) is 42.8 Å². The fourth-order valence-electron chi connectivity index (χ4n) is 7.55. The number of carbonyl (C=O) groups excluding carboxylic acids is 4. The van der Waals surface area contributed by atoms with Crippen molar-refractivity contribution in [1.82, 2.24) is 35.3 Å². The summed E-state index contributed by atoms with van der Waals surface area (Å²) in [5.74, 6) is -2.25. The molecule has 0 saturated carbocycles. The molecule has 4 heterocycles. The second-order valence-corrected chi connectivity index (χ2v) is 15.7. The molecule has 3 aliphatic rings. The highest BCUT2D eigenvalue weighted by molar-refractivity contribution is 8.20. The fourth-order valence-corrected chi connectivity index (χ4v) is 8.04. The first kappa shape index (κ1) is 44.0. The number of benzene rings is 2. The van der Waals surface area contributed by atoms with Crippen LogP contribution in [0.4, 0.5) is 22.8 Å². The fraction of sp³-hybridized carbons (Fsp3) is 0.525. The normalized spacial score (nSPS) is 20.7. The van der Waals surface area contributed by atoms with Crippen molar-refractivity contribution in [2.75, 3.05) is 65.8 Å². The molecular formula is C40H49BF3N7O7S. The van der Waals surface area contributed by atoms with E-state index in [0.717, 1.165) is 40.3 Å². The number of halogens is 3. The van der Waals surface area contributed by atoms with Crippen LogP contribution in [0.1, 0.15) is 43.6 Å². The molecule has 3 aliphatic heterocycles. The van der Waals surface area contributed by atoms with Crippen molar-refractivity contribution in [2.24, 2.45) is 11.8 Å². The van der Waals surface area contributed by atoms with Crippen LogP contribution in [0.15, 0.2) is 54.7 Å². The van der Waals surface area contributed by atoms with E-state index in [1.54, 1.807) is 18.0 Å². The van der Waals surface area contributed by atoms with Crippen LogP contribution in [0.25, 0.3) is 11.3 Å². The van der Waals surface area contributed by atoms with Crippen molar-refractivity contribution in [3.63, 3.8) is 0 Å². The second-order valence-electron chi connectivity index (χ2n) is 14.9. The van der Waals surface area contributed by atoms with Gasteiger partial charge in [-0.3, -0.25) is 14.5 Å². The number of amides is 5. The molecule has 5 atom stereocenters. The lowest BCUT2D eigenvalue weighted by Gasteiger charge is -2.40. The Balaban J connectivity index is 1.16. The smallest absolute Gasteiger partial charge is 0.407 e. The molecule has 0 bridgehead atoms. The third kappa shape index (κ3) is 11.6. The lowest BCUT2D eigenvalue weighted by molar-refractivity contribution is -0.139. The Morgan fingerprint density at radius 3 is 2.61 bits per heavy atom. The summed E-state index contributed by atoms with van der Waals surface area (Å²) in [6.45, 7) is 3.47. The Kier molecular flexibility index (Phi) is 15.7. The molecule has 3 aromatic rings. The molecule has 2 aromatic carbocycles. The summed E-state index contributed by atoms with van der Waals surface area (Å²) in [6.07, 6.45) is 0.855. The summed E-state index contributed by atoms with van der Waals surface area (Å²) in [5.41, 5.74) is 1.06. The van der Waals surface area contributed by atoms with Crippen LogP contribution >= 0.6 is 11.6 Å². The number of likely N-dealkylation sites (tertiary alicyclic amines) is 1. The van der Waals surface area contributed by atoms with E-state index in [2.05, 4.69) is 16.0 Å². The average molecular weight is 840 g/mol. The van der Waals surface area contributed by atoms with E-state index in [9.17, 15) is 23.6 Å². The van der Waals surface area contributed by atoms with Crippen molar-refractivity contribution in [1.29, 1.82) is 0 Å². The highest BCUT2D eigenvalue weighted by Gasteiger charge is 2.41. The molecule has 0 aliphatic carbocycles. The molecule has 5 amide bonds. The monoisotopic (exact) mass is 839 g/mol. The van der Waals surface area contributed by atoms with Crippen LogP contribution in [-0.4, -0.2) is 134 Å². The third-order valence-corrected chi connectivity index (χ3v) is 11.3. The van der Waals surface area contributed by atoms with Crippen molar-refractivity contribution >= 4 is 42.7 Å². The first-order valence-electron chi connectivity index (χ1n) is 19.8. The number of nitrogens with one attached hydrogen (secondary N) is 3. The minimum atomic E-state index is -1.22. The lowest BCUT2D eigenvalue weighted by atomic mass is 9.89. The molecule has 59 heavy (non-hydrogen) atoms. The van der Waals surface area contributed by atoms with Gasteiger partial charge in [-0.1, -0.05) is 30.3 Å². The van der Waals surface area contributed by atoms with E-state index in [1.807, 2.05) is 34.9 Å². The van der Waals surface area contributed by atoms with Crippen LogP contribution in [0.3, 0.4) is 0 Å². The van der Waals surface area contributed by atoms with Gasteiger partial charge in [0.25, 0.3) is 0 Å². The Bertz CT molecular complexity index is 1910. The van der Waals surface area contributed by atoms with E-state index in [0.29, 0.717) is 45.0 Å². The largest absolute Gasteiger partial charge is 0.447 e. The zero-order valence-electron chi connectivity index (χ0n) is 32.8. The molecule has 0 spiro atoms. The zero-order valence-corrected chi connectivity index (χ0v) is 33.6. The minimum absolute atomic E-state index is 0.0184. The number of aromatic nitrogens is 2. The van der Waals surface area contributed by atoms with Gasteiger partial charge in [-0.05, 0) is 49.4 Å². The summed E-state index contributed by atoms with van der Waals surface area (Å²) < 4.78 is 63.4. The van der Waals surface area contributed by atoms with Gasteiger partial charge in [0.2, 0.25) is 11.8 Å². The van der Waals surface area contributed by atoms with Crippen LogP contribution in [-0.2, 0) is 30.3 Å². The highest BCUT2D eigenvalue weighted by atomic mass is 32.2. The predicted molar refractivity (Wildman–Crippen MR) is 214 cm³/mol. The zero-order chi connectivity index (χ0) is 41.9. The van der Waals surface area contributed by atoms with Crippen molar-refractivity contribution < 1.29 is 46.6 Å². The van der Waals surface area contributed by atoms with Crippen LogP contribution in [0, 0.1) is 23.5 Å². The second kappa shape index (κ2) is 21.1. The van der Waals surface area contributed by atoms with E-state index < -0.39 is 53.2 Å². The van der Waals surface area contributed by atoms with Gasteiger partial charge in [-0.25, -0.2) is 39.4 Å². The number of urea groups is 1. The highest BCUT2D eigenvalue weighted by Crippen LogP contribution is 2.38. The van der Waals surface area contributed by atoms with E-state index in [1.165, 1.54) is 0 Å². The first-order chi connectivity index (χ1) is 28.5. The van der Waals surface area contributed by atoms with Crippen molar-refractivity contribution in [2.45, 2.75) is 56.2 Å². The summed E-state index contributed by atoms with van der Waals surface area (Å²) in [6, 6.07) is 10.7. The van der Waals surface area contributed by atoms with Crippen molar-refractivity contribution in [3.8, 4) is 11.3 Å².